The third-order valence-corrected chi connectivity index (χ3v) is 6.43. The van der Waals surface area contributed by atoms with Crippen LogP contribution in [0.2, 0.25) is 0 Å². The van der Waals surface area contributed by atoms with Gasteiger partial charge in [0.15, 0.2) is 5.13 Å². The van der Waals surface area contributed by atoms with Crippen LogP contribution in [0.5, 0.6) is 0 Å². The number of likely N-dealkylation sites (tertiary alicyclic amines) is 1. The molecule has 1 aliphatic carbocycles. The van der Waals surface area contributed by atoms with Gasteiger partial charge in [0.1, 0.15) is 5.82 Å². The van der Waals surface area contributed by atoms with Crippen molar-refractivity contribution in [2.45, 2.75) is 50.5 Å². The number of hydrogen-bond donors (Lipinski definition) is 1. The number of hydrogen-bond acceptors (Lipinski definition) is 4. The van der Waals surface area contributed by atoms with Crippen LogP contribution >= 0.6 is 11.3 Å². The summed E-state index contributed by atoms with van der Waals surface area (Å²) in [6.07, 6.45) is 6.33. The molecule has 1 N–H and O–H groups in total. The maximum Gasteiger partial charge on any atom is 0.236 e. The topological polar surface area (TPSA) is 45.2 Å². The zero-order valence-electron chi connectivity index (χ0n) is 14.8. The molecule has 2 fully saturated rings. The van der Waals surface area contributed by atoms with Crippen LogP contribution in [0.25, 0.3) is 0 Å². The number of amides is 1. The second-order valence-electron chi connectivity index (χ2n) is 7.38. The van der Waals surface area contributed by atoms with Crippen molar-refractivity contribution in [1.29, 1.82) is 0 Å². The van der Waals surface area contributed by atoms with Crippen molar-refractivity contribution < 1.29 is 9.18 Å². The lowest BCUT2D eigenvalue weighted by Gasteiger charge is -2.40. The lowest BCUT2D eigenvalue weighted by atomic mass is 9.64. The van der Waals surface area contributed by atoms with Gasteiger partial charge >= 0.3 is 0 Å². The van der Waals surface area contributed by atoms with Crippen LogP contribution in [0.1, 0.15) is 49.8 Å². The highest BCUT2D eigenvalue weighted by Gasteiger charge is 2.46. The minimum absolute atomic E-state index is 0.0618. The number of aromatic nitrogens is 1. The number of rotatable bonds is 5. The van der Waals surface area contributed by atoms with E-state index in [-0.39, 0.29) is 11.7 Å². The molecule has 0 spiro atoms. The highest BCUT2D eigenvalue weighted by Crippen LogP contribution is 2.44. The van der Waals surface area contributed by atoms with Crippen molar-refractivity contribution >= 4 is 22.4 Å². The number of piperidine rings is 1. The van der Waals surface area contributed by atoms with Gasteiger partial charge in [-0.1, -0.05) is 25.0 Å². The lowest BCUT2D eigenvalue weighted by Crippen LogP contribution is -2.46. The van der Waals surface area contributed by atoms with Gasteiger partial charge in [0.2, 0.25) is 5.91 Å². The van der Waals surface area contributed by atoms with E-state index in [9.17, 15) is 9.18 Å². The van der Waals surface area contributed by atoms with Crippen LogP contribution < -0.4 is 5.32 Å². The second kappa shape index (κ2) is 7.45. The molecule has 26 heavy (non-hydrogen) atoms. The molecule has 1 amide bonds. The molecule has 1 saturated heterocycles. The molecule has 0 atom stereocenters. The van der Waals surface area contributed by atoms with Gasteiger partial charge in [-0.15, -0.1) is 11.3 Å². The van der Waals surface area contributed by atoms with Crippen LogP contribution in [-0.4, -0.2) is 28.9 Å². The predicted octanol–water partition coefficient (Wildman–Crippen LogP) is 4.33. The van der Waals surface area contributed by atoms with Crippen molar-refractivity contribution in [3.63, 3.8) is 0 Å². The fourth-order valence-corrected chi connectivity index (χ4v) is 4.66. The molecule has 0 unspecified atom stereocenters. The first kappa shape index (κ1) is 17.6. The van der Waals surface area contributed by atoms with Gasteiger partial charge in [-0.05, 0) is 56.5 Å². The molecular formula is C20H24FN3OS. The summed E-state index contributed by atoms with van der Waals surface area (Å²) in [4.78, 5) is 20.0. The SMILES string of the molecule is O=C(Nc1nc(CN2CCCCC2)cs1)C1(c2cccc(F)c2)CCC1. The maximum atomic E-state index is 13.6. The van der Waals surface area contributed by atoms with Gasteiger partial charge in [-0.25, -0.2) is 9.37 Å². The zero-order valence-corrected chi connectivity index (χ0v) is 15.7. The minimum Gasteiger partial charge on any atom is -0.301 e. The molecule has 4 nitrogen and oxygen atoms in total. The van der Waals surface area contributed by atoms with Crippen molar-refractivity contribution in [3.05, 3.63) is 46.7 Å². The molecule has 138 valence electrons. The van der Waals surface area contributed by atoms with E-state index in [1.54, 1.807) is 6.07 Å². The van der Waals surface area contributed by atoms with Gasteiger partial charge in [-0.2, -0.15) is 0 Å². The van der Waals surface area contributed by atoms with E-state index in [0.29, 0.717) is 5.13 Å². The van der Waals surface area contributed by atoms with Crippen LogP contribution in [-0.2, 0) is 16.8 Å². The van der Waals surface area contributed by atoms with Gasteiger partial charge in [0, 0.05) is 11.9 Å². The summed E-state index contributed by atoms with van der Waals surface area (Å²) < 4.78 is 13.6. The average Bonchev–Trinajstić information content (AvgIpc) is 3.02. The Morgan fingerprint density at radius 1 is 1.23 bits per heavy atom. The number of thiazole rings is 1. The third kappa shape index (κ3) is 3.53. The summed E-state index contributed by atoms with van der Waals surface area (Å²) in [6, 6.07) is 6.44. The molecule has 0 bridgehead atoms. The first-order valence-electron chi connectivity index (χ1n) is 9.40. The zero-order chi connectivity index (χ0) is 18.0. The standard InChI is InChI=1S/C20H24FN3OS/c21-16-7-4-6-15(12-16)20(8-5-9-20)18(25)23-19-22-17(14-26-19)13-24-10-2-1-3-11-24/h4,6-7,12,14H,1-3,5,8-11,13H2,(H,22,23,25). The lowest BCUT2D eigenvalue weighted by molar-refractivity contribution is -0.124. The maximum absolute atomic E-state index is 13.6. The normalized spacial score (nSPS) is 19.7. The van der Waals surface area contributed by atoms with E-state index in [0.717, 1.165) is 50.2 Å². The summed E-state index contributed by atoms with van der Waals surface area (Å²) >= 11 is 1.47. The summed E-state index contributed by atoms with van der Waals surface area (Å²) in [6.45, 7) is 3.10. The Morgan fingerprint density at radius 2 is 2.04 bits per heavy atom. The van der Waals surface area contributed by atoms with Crippen LogP contribution in [0.3, 0.4) is 0 Å². The molecule has 2 aromatic rings. The highest BCUT2D eigenvalue weighted by molar-refractivity contribution is 7.13. The quantitative estimate of drug-likeness (QED) is 0.848. The number of nitrogens with zero attached hydrogens (tertiary/aromatic N) is 2. The summed E-state index contributed by atoms with van der Waals surface area (Å²) in [5, 5.41) is 5.66. The Balaban J connectivity index is 1.44. The number of halogens is 1. The number of nitrogens with one attached hydrogen (secondary N) is 1. The fourth-order valence-electron chi connectivity index (χ4n) is 3.96. The smallest absolute Gasteiger partial charge is 0.236 e. The van der Waals surface area contributed by atoms with E-state index in [1.807, 2.05) is 11.4 Å². The molecule has 4 rings (SSSR count). The molecule has 2 heterocycles. The number of benzene rings is 1. The first-order chi connectivity index (χ1) is 12.7. The largest absolute Gasteiger partial charge is 0.301 e. The molecule has 1 aromatic heterocycles. The molecule has 2 aliphatic rings. The van der Waals surface area contributed by atoms with Crippen molar-refractivity contribution in [2.24, 2.45) is 0 Å². The third-order valence-electron chi connectivity index (χ3n) is 5.63. The number of anilines is 1. The summed E-state index contributed by atoms with van der Waals surface area (Å²) in [7, 11) is 0. The van der Waals surface area contributed by atoms with Gasteiger partial charge < -0.3 is 5.32 Å². The average molecular weight is 373 g/mol. The van der Waals surface area contributed by atoms with Crippen molar-refractivity contribution in [2.75, 3.05) is 18.4 Å². The summed E-state index contributed by atoms with van der Waals surface area (Å²) in [5.41, 5.74) is 1.17. The highest BCUT2D eigenvalue weighted by atomic mass is 32.1. The molecule has 0 radical (unpaired) electrons. The van der Waals surface area contributed by atoms with E-state index >= 15 is 0 Å². The van der Waals surface area contributed by atoms with E-state index in [2.05, 4.69) is 15.2 Å². The number of carbonyl (C=O) groups excluding carboxylic acids is 1. The van der Waals surface area contributed by atoms with E-state index < -0.39 is 5.41 Å². The minimum atomic E-state index is -0.610. The van der Waals surface area contributed by atoms with Crippen molar-refractivity contribution in [1.82, 2.24) is 9.88 Å². The fraction of sp³-hybridized carbons (Fsp3) is 0.500. The molecular weight excluding hydrogens is 349 g/mol. The Bertz CT molecular complexity index is 781. The van der Waals surface area contributed by atoms with Crippen molar-refractivity contribution in [3.8, 4) is 0 Å². The Hall–Kier alpha value is -1.79. The Labute approximate surface area is 157 Å². The Kier molecular flexibility index (Phi) is 5.05. The van der Waals surface area contributed by atoms with Gasteiger partial charge in [0.25, 0.3) is 0 Å². The van der Waals surface area contributed by atoms with Gasteiger partial charge in [0.05, 0.1) is 11.1 Å². The molecule has 1 saturated carbocycles. The number of carbonyl (C=O) groups is 1. The van der Waals surface area contributed by atoms with Crippen LogP contribution in [0, 0.1) is 5.82 Å². The second-order valence-corrected chi connectivity index (χ2v) is 8.24. The predicted molar refractivity (Wildman–Crippen MR) is 102 cm³/mol. The molecule has 1 aliphatic heterocycles. The van der Waals surface area contributed by atoms with Crippen LogP contribution in [0.15, 0.2) is 29.6 Å². The molecule has 6 heteroatoms. The summed E-state index contributed by atoms with van der Waals surface area (Å²) in [5.74, 6) is -0.354. The van der Waals surface area contributed by atoms with Crippen LogP contribution in [0.4, 0.5) is 9.52 Å². The van der Waals surface area contributed by atoms with Gasteiger partial charge in [-0.3, -0.25) is 9.69 Å². The van der Waals surface area contributed by atoms with E-state index in [1.165, 1.54) is 42.7 Å². The monoisotopic (exact) mass is 373 g/mol. The molecule has 1 aromatic carbocycles. The van der Waals surface area contributed by atoms with E-state index in [4.69, 9.17) is 0 Å². The Morgan fingerprint density at radius 3 is 2.73 bits per heavy atom. The first-order valence-corrected chi connectivity index (χ1v) is 10.3.